The number of carbonyl (C=O) groups is 1. The van der Waals surface area contributed by atoms with Crippen molar-refractivity contribution in [2.24, 2.45) is 0 Å². The maximum absolute atomic E-state index is 11.4. The Morgan fingerprint density at radius 3 is 2.82 bits per heavy atom. The van der Waals surface area contributed by atoms with Crippen LogP contribution >= 0.6 is 11.3 Å². The molecule has 0 bridgehead atoms. The van der Waals surface area contributed by atoms with Crippen LogP contribution in [0.15, 0.2) is 10.5 Å². The van der Waals surface area contributed by atoms with E-state index in [9.17, 15) is 13.2 Å². The van der Waals surface area contributed by atoms with Crippen molar-refractivity contribution in [3.05, 3.63) is 11.9 Å². The number of hydrogen-bond acceptors (Lipinski definition) is 7. The lowest BCUT2D eigenvalue weighted by Gasteiger charge is -1.95. The van der Waals surface area contributed by atoms with Gasteiger partial charge in [0.2, 0.25) is 19.1 Å². The first-order valence-electron chi connectivity index (χ1n) is 4.65. The molecule has 0 N–H and O–H groups in total. The highest BCUT2D eigenvalue weighted by Gasteiger charge is 2.18. The molecule has 7 nitrogen and oxygen atoms in total. The van der Waals surface area contributed by atoms with E-state index in [1.54, 1.807) is 6.92 Å². The zero-order valence-corrected chi connectivity index (χ0v) is 10.7. The molecule has 0 saturated heterocycles. The maximum atomic E-state index is 11.4. The van der Waals surface area contributed by atoms with Gasteiger partial charge in [0.15, 0.2) is 5.69 Å². The molecule has 9 heteroatoms. The zero-order chi connectivity index (χ0) is 12.6. The molecule has 2 rings (SSSR count). The molecule has 0 aliphatic heterocycles. The van der Waals surface area contributed by atoms with Gasteiger partial charge in [-0.2, -0.15) is 0 Å². The van der Waals surface area contributed by atoms with Crippen LogP contribution in [0, 0.1) is 0 Å². The smallest absolute Gasteiger partial charge is 0.358 e. The van der Waals surface area contributed by atoms with Crippen LogP contribution in [-0.4, -0.2) is 41.8 Å². The highest BCUT2D eigenvalue weighted by atomic mass is 32.2. The SMILES string of the molecule is CCOC(=O)c1cn2nc(S(C)(=O)=O)sc2n1. The summed E-state index contributed by atoms with van der Waals surface area (Å²) in [6.07, 6.45) is 2.41. The van der Waals surface area contributed by atoms with E-state index in [0.29, 0.717) is 4.96 Å². The standard InChI is InChI=1S/C8H9N3O4S2/c1-3-15-6(12)5-4-11-7(9-5)16-8(10-11)17(2,13)14/h4H,3H2,1-2H3. The number of nitrogens with zero attached hydrogens (tertiary/aromatic N) is 3. The van der Waals surface area contributed by atoms with Gasteiger partial charge in [-0.25, -0.2) is 22.7 Å². The third kappa shape index (κ3) is 2.29. The summed E-state index contributed by atoms with van der Waals surface area (Å²) in [6, 6.07) is 0. The Labute approximate surface area is 101 Å². The van der Waals surface area contributed by atoms with Crippen LogP contribution in [0.25, 0.3) is 4.96 Å². The van der Waals surface area contributed by atoms with Crippen LogP contribution in [-0.2, 0) is 14.6 Å². The molecular weight excluding hydrogens is 266 g/mol. The quantitative estimate of drug-likeness (QED) is 0.752. The molecular formula is C8H9N3O4S2. The third-order valence-electron chi connectivity index (χ3n) is 1.83. The molecule has 0 amide bonds. The van der Waals surface area contributed by atoms with E-state index >= 15 is 0 Å². The minimum atomic E-state index is -3.35. The first kappa shape index (κ1) is 12.0. The van der Waals surface area contributed by atoms with Gasteiger partial charge in [-0.3, -0.25) is 0 Å². The first-order chi connectivity index (χ1) is 7.91. The lowest BCUT2D eigenvalue weighted by atomic mass is 10.5. The lowest BCUT2D eigenvalue weighted by Crippen LogP contribution is -2.04. The van der Waals surface area contributed by atoms with E-state index in [0.717, 1.165) is 17.6 Å². The van der Waals surface area contributed by atoms with Crippen LogP contribution in [0.2, 0.25) is 0 Å². The molecule has 2 aromatic rings. The number of esters is 1. The van der Waals surface area contributed by atoms with Gasteiger partial charge in [-0.15, -0.1) is 5.10 Å². The summed E-state index contributed by atoms with van der Waals surface area (Å²) in [6.45, 7) is 1.95. The Hall–Kier alpha value is -1.48. The Bertz CT molecular complexity index is 639. The van der Waals surface area contributed by atoms with Gasteiger partial charge < -0.3 is 4.74 Å². The molecule has 0 unspecified atom stereocenters. The molecule has 0 fully saturated rings. The second kappa shape index (κ2) is 4.08. The number of rotatable bonds is 3. The minimum Gasteiger partial charge on any atom is -0.461 e. The number of hydrogen-bond donors (Lipinski definition) is 0. The second-order valence-electron chi connectivity index (χ2n) is 3.21. The summed E-state index contributed by atoms with van der Waals surface area (Å²) >= 11 is 0.906. The summed E-state index contributed by atoms with van der Waals surface area (Å²) < 4.78 is 28.5. The molecule has 2 heterocycles. The van der Waals surface area contributed by atoms with E-state index in [1.807, 2.05) is 0 Å². The Kier molecular flexibility index (Phi) is 2.87. The van der Waals surface area contributed by atoms with Gasteiger partial charge in [0.1, 0.15) is 0 Å². The number of sulfone groups is 1. The fourth-order valence-corrected chi connectivity index (χ4v) is 2.82. The summed E-state index contributed by atoms with van der Waals surface area (Å²) in [5, 5.41) is 3.82. The normalized spacial score (nSPS) is 11.9. The topological polar surface area (TPSA) is 90.6 Å². The molecule has 0 radical (unpaired) electrons. The van der Waals surface area contributed by atoms with Crippen LogP contribution < -0.4 is 0 Å². The summed E-state index contributed by atoms with van der Waals surface area (Å²) in [7, 11) is -3.35. The third-order valence-corrected chi connectivity index (χ3v) is 4.42. The predicted molar refractivity (Wildman–Crippen MR) is 59.9 cm³/mol. The van der Waals surface area contributed by atoms with E-state index in [1.165, 1.54) is 10.7 Å². The van der Waals surface area contributed by atoms with Gasteiger partial charge in [0, 0.05) is 6.26 Å². The van der Waals surface area contributed by atoms with Crippen LogP contribution in [0.5, 0.6) is 0 Å². The van der Waals surface area contributed by atoms with Gasteiger partial charge in [-0.05, 0) is 6.92 Å². The molecule has 0 aliphatic rings. The highest BCUT2D eigenvalue weighted by Crippen LogP contribution is 2.19. The van der Waals surface area contributed by atoms with Gasteiger partial charge in [0.25, 0.3) is 0 Å². The number of fused-ring (bicyclic) bond motifs is 1. The number of carbonyl (C=O) groups excluding carboxylic acids is 1. The summed E-state index contributed by atoms with van der Waals surface area (Å²) in [4.78, 5) is 15.6. The fraction of sp³-hybridized carbons (Fsp3) is 0.375. The van der Waals surface area contributed by atoms with Gasteiger partial charge in [-0.1, -0.05) is 11.3 Å². The van der Waals surface area contributed by atoms with Crippen molar-refractivity contribution in [1.29, 1.82) is 0 Å². The van der Waals surface area contributed by atoms with Gasteiger partial charge >= 0.3 is 5.97 Å². The second-order valence-corrected chi connectivity index (χ2v) is 6.36. The summed E-state index contributed by atoms with van der Waals surface area (Å²) in [5.74, 6) is -0.550. The molecule has 0 spiro atoms. The lowest BCUT2D eigenvalue weighted by molar-refractivity contribution is 0.0520. The number of ether oxygens (including phenoxy) is 1. The van der Waals surface area contributed by atoms with Crippen molar-refractivity contribution in [3.63, 3.8) is 0 Å². The Balaban J connectivity index is 2.42. The molecule has 0 aromatic carbocycles. The maximum Gasteiger partial charge on any atom is 0.358 e. The van der Waals surface area contributed by atoms with E-state index in [4.69, 9.17) is 4.74 Å². The van der Waals surface area contributed by atoms with E-state index in [-0.39, 0.29) is 16.6 Å². The minimum absolute atomic E-state index is 0.0320. The van der Waals surface area contributed by atoms with E-state index in [2.05, 4.69) is 10.1 Å². The van der Waals surface area contributed by atoms with Crippen molar-refractivity contribution < 1.29 is 17.9 Å². The Morgan fingerprint density at radius 1 is 1.59 bits per heavy atom. The van der Waals surface area contributed by atoms with Crippen molar-refractivity contribution in [2.75, 3.05) is 12.9 Å². The van der Waals surface area contributed by atoms with Crippen LogP contribution in [0.3, 0.4) is 0 Å². The van der Waals surface area contributed by atoms with Crippen molar-refractivity contribution in [2.45, 2.75) is 11.3 Å². The van der Waals surface area contributed by atoms with Gasteiger partial charge in [0.05, 0.1) is 12.8 Å². The van der Waals surface area contributed by atoms with Crippen molar-refractivity contribution in [3.8, 4) is 0 Å². The van der Waals surface area contributed by atoms with Crippen LogP contribution in [0.1, 0.15) is 17.4 Å². The first-order valence-corrected chi connectivity index (χ1v) is 7.36. The average Bonchev–Trinajstić information content (AvgIpc) is 2.72. The van der Waals surface area contributed by atoms with Crippen molar-refractivity contribution in [1.82, 2.24) is 14.6 Å². The monoisotopic (exact) mass is 275 g/mol. The molecule has 0 atom stereocenters. The van der Waals surface area contributed by atoms with Crippen LogP contribution in [0.4, 0.5) is 0 Å². The predicted octanol–water partition coefficient (Wildman–Crippen LogP) is 0.371. The zero-order valence-electron chi connectivity index (χ0n) is 9.08. The largest absolute Gasteiger partial charge is 0.461 e. The highest BCUT2D eigenvalue weighted by molar-refractivity contribution is 7.92. The number of imidazole rings is 1. The number of aromatic nitrogens is 3. The summed E-state index contributed by atoms with van der Waals surface area (Å²) in [5.41, 5.74) is 0.116. The molecule has 0 aliphatic carbocycles. The fourth-order valence-electron chi connectivity index (χ4n) is 1.14. The molecule has 2 aromatic heterocycles. The average molecular weight is 275 g/mol. The van der Waals surface area contributed by atoms with Crippen molar-refractivity contribution >= 4 is 32.1 Å². The molecule has 0 saturated carbocycles. The Morgan fingerprint density at radius 2 is 2.29 bits per heavy atom. The molecule has 92 valence electrons. The molecule has 17 heavy (non-hydrogen) atoms. The van der Waals surface area contributed by atoms with E-state index < -0.39 is 15.8 Å².